The van der Waals surface area contributed by atoms with Gasteiger partial charge in [0.25, 0.3) is 5.22 Å². The van der Waals surface area contributed by atoms with E-state index in [1.807, 2.05) is 24.3 Å². The summed E-state index contributed by atoms with van der Waals surface area (Å²) in [7, 11) is 0. The molecule has 0 fully saturated rings. The molecule has 1 amide bonds. The van der Waals surface area contributed by atoms with Crippen LogP contribution in [0.2, 0.25) is 0 Å². The van der Waals surface area contributed by atoms with Gasteiger partial charge in [-0.2, -0.15) is 0 Å². The van der Waals surface area contributed by atoms with Crippen LogP contribution in [0.5, 0.6) is 0 Å². The van der Waals surface area contributed by atoms with Gasteiger partial charge in [0.05, 0.1) is 5.75 Å². The van der Waals surface area contributed by atoms with Crippen molar-refractivity contribution in [2.45, 2.75) is 5.22 Å². The van der Waals surface area contributed by atoms with E-state index in [9.17, 15) is 4.79 Å². The average Bonchev–Trinajstić information content (AvgIpc) is 3.17. The summed E-state index contributed by atoms with van der Waals surface area (Å²) in [5.74, 6) is 0.445. The van der Waals surface area contributed by atoms with E-state index in [0.717, 1.165) is 10.0 Å². The number of rotatable bonds is 5. The number of hydrogen-bond acceptors (Lipinski definition) is 7. The van der Waals surface area contributed by atoms with Gasteiger partial charge in [0.15, 0.2) is 5.13 Å². The van der Waals surface area contributed by atoms with Crippen molar-refractivity contribution >= 4 is 50.1 Å². The zero-order valence-electron chi connectivity index (χ0n) is 11.0. The zero-order chi connectivity index (χ0) is 15.4. The molecule has 3 aromatic rings. The van der Waals surface area contributed by atoms with E-state index in [-0.39, 0.29) is 11.7 Å². The number of nitrogens with one attached hydrogen (secondary N) is 1. The van der Waals surface area contributed by atoms with Crippen molar-refractivity contribution in [2.24, 2.45) is 0 Å². The molecule has 2 heterocycles. The number of hydrogen-bond donors (Lipinski definition) is 1. The third-order valence-electron chi connectivity index (χ3n) is 2.50. The summed E-state index contributed by atoms with van der Waals surface area (Å²) in [6.45, 7) is 0. The van der Waals surface area contributed by atoms with Crippen molar-refractivity contribution < 1.29 is 9.21 Å². The standard InChI is InChI=1S/C13H9BrN4O2S2/c14-9-3-1-8(2-4-9)11-17-18-13(20-11)22-7-10(19)16-12-15-5-6-21-12/h1-6H,7H2,(H,15,16,19). The highest BCUT2D eigenvalue weighted by molar-refractivity contribution is 9.10. The number of thiazole rings is 1. The molecule has 0 radical (unpaired) electrons. The third kappa shape index (κ3) is 3.93. The molecule has 1 N–H and O–H groups in total. The van der Waals surface area contributed by atoms with Gasteiger partial charge in [-0.25, -0.2) is 4.98 Å². The highest BCUT2D eigenvalue weighted by Crippen LogP contribution is 2.24. The zero-order valence-corrected chi connectivity index (χ0v) is 14.2. The van der Waals surface area contributed by atoms with Crippen LogP contribution in [0.4, 0.5) is 5.13 Å². The number of carbonyl (C=O) groups is 1. The smallest absolute Gasteiger partial charge is 0.277 e. The number of carbonyl (C=O) groups excluding carboxylic acids is 1. The van der Waals surface area contributed by atoms with Crippen LogP contribution in [-0.4, -0.2) is 26.8 Å². The predicted octanol–water partition coefficient (Wildman–Crippen LogP) is 3.69. The molecular weight excluding hydrogens is 388 g/mol. The second kappa shape index (κ2) is 7.03. The summed E-state index contributed by atoms with van der Waals surface area (Å²) in [5.41, 5.74) is 0.829. The predicted molar refractivity (Wildman–Crippen MR) is 88.9 cm³/mol. The molecule has 112 valence electrons. The molecule has 0 aliphatic carbocycles. The summed E-state index contributed by atoms with van der Waals surface area (Å²) < 4.78 is 6.50. The molecule has 3 rings (SSSR count). The van der Waals surface area contributed by atoms with Crippen LogP contribution in [0.3, 0.4) is 0 Å². The SMILES string of the molecule is O=C(CSc1nnc(-c2ccc(Br)cc2)o1)Nc1nccs1. The Morgan fingerprint density at radius 2 is 2.14 bits per heavy atom. The van der Waals surface area contributed by atoms with Gasteiger partial charge in [0, 0.05) is 21.6 Å². The monoisotopic (exact) mass is 396 g/mol. The summed E-state index contributed by atoms with van der Waals surface area (Å²) in [4.78, 5) is 15.7. The Bertz CT molecular complexity index is 759. The maximum Gasteiger partial charge on any atom is 0.277 e. The maximum atomic E-state index is 11.7. The molecule has 1 aromatic carbocycles. The maximum absolute atomic E-state index is 11.7. The molecule has 0 aliphatic heterocycles. The Morgan fingerprint density at radius 1 is 1.32 bits per heavy atom. The van der Waals surface area contributed by atoms with Gasteiger partial charge < -0.3 is 9.73 Å². The summed E-state index contributed by atoms with van der Waals surface area (Å²) in [6.07, 6.45) is 1.63. The Balaban J connectivity index is 1.57. The second-order valence-electron chi connectivity index (χ2n) is 4.05. The van der Waals surface area contributed by atoms with Gasteiger partial charge in [0.1, 0.15) is 0 Å². The Hall–Kier alpha value is -1.71. The molecule has 0 unspecified atom stereocenters. The molecule has 0 aliphatic rings. The van der Waals surface area contributed by atoms with E-state index >= 15 is 0 Å². The third-order valence-corrected chi connectivity index (χ3v) is 4.54. The highest BCUT2D eigenvalue weighted by Gasteiger charge is 2.11. The Morgan fingerprint density at radius 3 is 2.86 bits per heavy atom. The van der Waals surface area contributed by atoms with Crippen LogP contribution in [0.1, 0.15) is 0 Å². The lowest BCUT2D eigenvalue weighted by Gasteiger charge is -1.98. The minimum atomic E-state index is -0.164. The minimum Gasteiger partial charge on any atom is -0.411 e. The van der Waals surface area contributed by atoms with Gasteiger partial charge in [-0.05, 0) is 24.3 Å². The molecular formula is C13H9BrN4O2S2. The quantitative estimate of drug-likeness (QED) is 0.662. The van der Waals surface area contributed by atoms with Gasteiger partial charge in [-0.1, -0.05) is 27.7 Å². The number of thioether (sulfide) groups is 1. The number of benzene rings is 1. The summed E-state index contributed by atoms with van der Waals surface area (Å²) in [5, 5.41) is 13.3. The number of amides is 1. The van der Waals surface area contributed by atoms with Crippen molar-refractivity contribution in [3.8, 4) is 11.5 Å². The van der Waals surface area contributed by atoms with E-state index < -0.39 is 0 Å². The van der Waals surface area contributed by atoms with Gasteiger partial charge in [-0.15, -0.1) is 21.5 Å². The van der Waals surface area contributed by atoms with Crippen molar-refractivity contribution in [3.05, 3.63) is 40.3 Å². The first-order valence-electron chi connectivity index (χ1n) is 6.12. The van der Waals surface area contributed by atoms with Crippen LogP contribution in [-0.2, 0) is 4.79 Å². The van der Waals surface area contributed by atoms with E-state index in [1.54, 1.807) is 11.6 Å². The fourth-order valence-electron chi connectivity index (χ4n) is 1.55. The lowest BCUT2D eigenvalue weighted by Crippen LogP contribution is -2.13. The fraction of sp³-hybridized carbons (Fsp3) is 0.0769. The van der Waals surface area contributed by atoms with Gasteiger partial charge in [0.2, 0.25) is 11.8 Å². The minimum absolute atomic E-state index is 0.164. The highest BCUT2D eigenvalue weighted by atomic mass is 79.9. The number of anilines is 1. The first-order valence-corrected chi connectivity index (χ1v) is 8.78. The van der Waals surface area contributed by atoms with Crippen LogP contribution in [0.25, 0.3) is 11.5 Å². The van der Waals surface area contributed by atoms with Crippen LogP contribution >= 0.6 is 39.0 Å². The normalized spacial score (nSPS) is 10.6. The van der Waals surface area contributed by atoms with E-state index in [0.29, 0.717) is 16.2 Å². The topological polar surface area (TPSA) is 80.9 Å². The van der Waals surface area contributed by atoms with Crippen LogP contribution in [0.15, 0.2) is 50.0 Å². The van der Waals surface area contributed by atoms with E-state index in [4.69, 9.17) is 4.42 Å². The lowest BCUT2D eigenvalue weighted by atomic mass is 10.2. The molecule has 2 aromatic heterocycles. The van der Waals surface area contributed by atoms with E-state index in [1.165, 1.54) is 23.1 Å². The van der Waals surface area contributed by atoms with Gasteiger partial charge >= 0.3 is 0 Å². The first kappa shape index (κ1) is 15.2. The van der Waals surface area contributed by atoms with Crippen LogP contribution < -0.4 is 5.32 Å². The van der Waals surface area contributed by atoms with Crippen molar-refractivity contribution in [2.75, 3.05) is 11.1 Å². The summed E-state index contributed by atoms with van der Waals surface area (Å²) >= 11 is 5.92. The molecule has 22 heavy (non-hydrogen) atoms. The molecule has 0 spiro atoms. The summed E-state index contributed by atoms with van der Waals surface area (Å²) in [6, 6.07) is 7.55. The second-order valence-corrected chi connectivity index (χ2v) is 6.79. The molecule has 9 heteroatoms. The first-order chi connectivity index (χ1) is 10.7. The van der Waals surface area contributed by atoms with Crippen molar-refractivity contribution in [1.82, 2.24) is 15.2 Å². The Labute approximate surface area is 142 Å². The average molecular weight is 397 g/mol. The van der Waals surface area contributed by atoms with Crippen molar-refractivity contribution in [1.29, 1.82) is 0 Å². The fourth-order valence-corrected chi connectivity index (χ4v) is 2.92. The molecule has 0 bridgehead atoms. The number of halogens is 1. The molecule has 0 saturated carbocycles. The number of aromatic nitrogens is 3. The largest absolute Gasteiger partial charge is 0.411 e. The number of nitrogens with zero attached hydrogens (tertiary/aromatic N) is 3. The Kier molecular flexibility index (Phi) is 4.86. The lowest BCUT2D eigenvalue weighted by molar-refractivity contribution is -0.113. The van der Waals surface area contributed by atoms with E-state index in [2.05, 4.69) is 36.4 Å². The van der Waals surface area contributed by atoms with Crippen molar-refractivity contribution in [3.63, 3.8) is 0 Å². The molecule has 0 atom stereocenters. The van der Waals surface area contributed by atoms with Crippen LogP contribution in [0, 0.1) is 0 Å². The molecule has 6 nitrogen and oxygen atoms in total. The van der Waals surface area contributed by atoms with Gasteiger partial charge in [-0.3, -0.25) is 4.79 Å². The molecule has 0 saturated heterocycles.